The summed E-state index contributed by atoms with van der Waals surface area (Å²) in [5.74, 6) is -1.01. The molecular formula is C29H33FO5. The summed E-state index contributed by atoms with van der Waals surface area (Å²) in [6, 6.07) is 16.7. The molecule has 1 heterocycles. The van der Waals surface area contributed by atoms with E-state index in [0.717, 1.165) is 24.0 Å². The highest BCUT2D eigenvalue weighted by atomic mass is 19.1. The second kappa shape index (κ2) is 11.3. The predicted molar refractivity (Wildman–Crippen MR) is 132 cm³/mol. The van der Waals surface area contributed by atoms with Gasteiger partial charge >= 0.3 is 5.97 Å². The first-order chi connectivity index (χ1) is 16.9. The van der Waals surface area contributed by atoms with Crippen LogP contribution >= 0.6 is 0 Å². The van der Waals surface area contributed by atoms with Crippen molar-refractivity contribution in [3.05, 3.63) is 95.8 Å². The van der Waals surface area contributed by atoms with Crippen molar-refractivity contribution in [3.8, 4) is 0 Å². The number of rotatable bonds is 11. The third-order valence-electron chi connectivity index (χ3n) is 7.51. The molecule has 1 aliphatic heterocycles. The minimum Gasteiger partial charge on any atom is -0.480 e. The number of hydrogen-bond acceptors (Lipinski definition) is 4. The Hall–Kier alpha value is -2.80. The molecule has 4 rings (SSSR count). The Bertz CT molecular complexity index is 1030. The fourth-order valence-corrected chi connectivity index (χ4v) is 5.59. The van der Waals surface area contributed by atoms with E-state index in [0.29, 0.717) is 6.61 Å². The van der Waals surface area contributed by atoms with E-state index in [1.807, 2.05) is 67.6 Å². The molecule has 1 unspecified atom stereocenters. The maximum absolute atomic E-state index is 13.7. The summed E-state index contributed by atoms with van der Waals surface area (Å²) in [5, 5.41) is 19.6. The number of carboxylic acids is 1. The molecule has 2 aliphatic rings. The van der Waals surface area contributed by atoms with Crippen LogP contribution in [0.4, 0.5) is 4.39 Å². The highest BCUT2D eigenvalue weighted by molar-refractivity contribution is 5.68. The van der Waals surface area contributed by atoms with Gasteiger partial charge in [-0.25, -0.2) is 9.18 Å². The van der Waals surface area contributed by atoms with E-state index in [4.69, 9.17) is 14.6 Å². The molecule has 2 aromatic rings. The average Bonchev–Trinajstić information content (AvgIpc) is 3.43. The van der Waals surface area contributed by atoms with Gasteiger partial charge in [0, 0.05) is 17.3 Å². The van der Waals surface area contributed by atoms with Gasteiger partial charge in [-0.2, -0.15) is 0 Å². The monoisotopic (exact) mass is 480 g/mol. The minimum atomic E-state index is -0.993. The van der Waals surface area contributed by atoms with Crippen molar-refractivity contribution in [1.82, 2.24) is 0 Å². The third kappa shape index (κ3) is 5.72. The average molecular weight is 481 g/mol. The highest BCUT2D eigenvalue weighted by Gasteiger charge is 2.58. The first kappa shape index (κ1) is 25.3. The van der Waals surface area contributed by atoms with Gasteiger partial charge in [0.2, 0.25) is 0 Å². The molecule has 1 aliphatic carbocycles. The Morgan fingerprint density at radius 3 is 2.66 bits per heavy atom. The van der Waals surface area contributed by atoms with Gasteiger partial charge in [-0.3, -0.25) is 0 Å². The molecule has 0 amide bonds. The number of ether oxygens (including phenoxy) is 2. The van der Waals surface area contributed by atoms with Crippen molar-refractivity contribution in [3.63, 3.8) is 0 Å². The summed E-state index contributed by atoms with van der Waals surface area (Å²) in [6.45, 7) is 2.49. The lowest BCUT2D eigenvalue weighted by molar-refractivity contribution is -0.141. The molecule has 0 spiro atoms. The van der Waals surface area contributed by atoms with Crippen molar-refractivity contribution >= 4 is 5.97 Å². The zero-order chi connectivity index (χ0) is 24.8. The van der Waals surface area contributed by atoms with Gasteiger partial charge in [-0.15, -0.1) is 0 Å². The zero-order valence-electron chi connectivity index (χ0n) is 19.9. The Kier molecular flexibility index (Phi) is 8.16. The van der Waals surface area contributed by atoms with Crippen molar-refractivity contribution in [2.75, 3.05) is 19.8 Å². The van der Waals surface area contributed by atoms with Crippen LogP contribution in [0.25, 0.3) is 0 Å². The summed E-state index contributed by atoms with van der Waals surface area (Å²) >= 11 is 0. The van der Waals surface area contributed by atoms with Crippen LogP contribution < -0.4 is 0 Å². The number of carboxylic acid groups (broad SMARTS) is 1. The Labute approximate surface area is 205 Å². The van der Waals surface area contributed by atoms with E-state index < -0.39 is 12.1 Å². The maximum atomic E-state index is 13.7. The van der Waals surface area contributed by atoms with E-state index in [9.17, 15) is 14.3 Å². The third-order valence-corrected chi connectivity index (χ3v) is 7.51. The highest BCUT2D eigenvalue weighted by Crippen LogP contribution is 2.57. The van der Waals surface area contributed by atoms with Crippen LogP contribution in [0.2, 0.25) is 0 Å². The summed E-state index contributed by atoms with van der Waals surface area (Å²) in [6.07, 6.45) is 8.84. The molecule has 2 fully saturated rings. The number of fused-ring (bicyclic) bond motifs is 2. The van der Waals surface area contributed by atoms with Gasteiger partial charge < -0.3 is 19.7 Å². The molecule has 1 saturated heterocycles. The minimum absolute atomic E-state index is 0.0252. The quantitative estimate of drug-likeness (QED) is 0.355. The second-order valence-corrected chi connectivity index (χ2v) is 9.59. The topological polar surface area (TPSA) is 76.0 Å². The van der Waals surface area contributed by atoms with E-state index >= 15 is 0 Å². The molecule has 6 heteroatoms. The summed E-state index contributed by atoms with van der Waals surface area (Å²) in [7, 11) is 0. The smallest absolute Gasteiger partial charge is 0.329 e. The van der Waals surface area contributed by atoms with Gasteiger partial charge in [-0.1, -0.05) is 73.7 Å². The lowest BCUT2D eigenvalue weighted by atomic mass is 9.69. The largest absolute Gasteiger partial charge is 0.480 e. The fraction of sp³-hybridized carbons (Fsp3) is 0.414. The fourth-order valence-electron chi connectivity index (χ4n) is 5.59. The summed E-state index contributed by atoms with van der Waals surface area (Å²) < 4.78 is 25.0. The van der Waals surface area contributed by atoms with Crippen molar-refractivity contribution < 1.29 is 28.9 Å². The number of benzene rings is 2. The molecule has 0 radical (unpaired) electrons. The number of hydrogen-bond donors (Lipinski definition) is 2. The number of allylic oxidation sites excluding steroid dienone is 1. The number of carbonyl (C=O) groups is 1. The van der Waals surface area contributed by atoms with Gasteiger partial charge in [0.05, 0.1) is 25.4 Å². The molecule has 2 bridgehead atoms. The molecule has 2 aromatic carbocycles. The Balaban J connectivity index is 1.53. The van der Waals surface area contributed by atoms with Crippen molar-refractivity contribution in [2.45, 2.75) is 43.3 Å². The number of aliphatic carboxylic acids is 1. The van der Waals surface area contributed by atoms with Crippen LogP contribution in [0.5, 0.6) is 0 Å². The zero-order valence-corrected chi connectivity index (χ0v) is 19.9. The summed E-state index contributed by atoms with van der Waals surface area (Å²) in [4.78, 5) is 10.6. The number of aliphatic hydroxyl groups is 1. The van der Waals surface area contributed by atoms with Crippen LogP contribution in [0.3, 0.4) is 0 Å². The summed E-state index contributed by atoms with van der Waals surface area (Å²) in [5.41, 5.74) is 1.91. The van der Waals surface area contributed by atoms with Crippen molar-refractivity contribution in [1.29, 1.82) is 0 Å². The lowest BCUT2D eigenvalue weighted by Crippen LogP contribution is -2.39. The number of aliphatic hydroxyl groups excluding tert-OH is 1. The van der Waals surface area contributed by atoms with Gasteiger partial charge in [0.1, 0.15) is 12.4 Å². The Morgan fingerprint density at radius 2 is 1.94 bits per heavy atom. The SMILES string of the molecule is CC(c1ccccc1)[C@@H](O)/C=C/[C@@H]1[C@@H]2C[C@@](c3ccc(F)cc3)(CO2)[C@H]1C/C=C\COCC(=O)O. The molecule has 5 nitrogen and oxygen atoms in total. The van der Waals surface area contributed by atoms with Crippen LogP contribution in [0.1, 0.15) is 36.8 Å². The van der Waals surface area contributed by atoms with E-state index in [1.165, 1.54) is 12.1 Å². The Morgan fingerprint density at radius 1 is 1.20 bits per heavy atom. The van der Waals surface area contributed by atoms with E-state index in [1.54, 1.807) is 0 Å². The van der Waals surface area contributed by atoms with Gasteiger partial charge in [0.15, 0.2) is 0 Å². The first-order valence-electron chi connectivity index (χ1n) is 12.1. The lowest BCUT2D eigenvalue weighted by Gasteiger charge is -2.38. The molecule has 0 aromatic heterocycles. The second-order valence-electron chi connectivity index (χ2n) is 9.59. The normalized spacial score (nSPS) is 27.6. The van der Waals surface area contributed by atoms with Crippen LogP contribution in [0.15, 0.2) is 78.9 Å². The number of halogens is 1. The van der Waals surface area contributed by atoms with Crippen LogP contribution in [-0.2, 0) is 19.7 Å². The molecule has 186 valence electrons. The predicted octanol–water partition coefficient (Wildman–Crippen LogP) is 4.87. The first-order valence-corrected chi connectivity index (χ1v) is 12.1. The van der Waals surface area contributed by atoms with Crippen molar-refractivity contribution in [2.24, 2.45) is 11.8 Å². The van der Waals surface area contributed by atoms with Crippen LogP contribution in [0, 0.1) is 17.7 Å². The molecule has 1 saturated carbocycles. The van der Waals surface area contributed by atoms with Gasteiger partial charge in [0.25, 0.3) is 0 Å². The van der Waals surface area contributed by atoms with E-state index in [2.05, 4.69) is 6.08 Å². The maximum Gasteiger partial charge on any atom is 0.329 e. The van der Waals surface area contributed by atoms with Crippen LogP contribution in [-0.4, -0.2) is 48.2 Å². The molecule has 6 atom stereocenters. The van der Waals surface area contributed by atoms with E-state index in [-0.39, 0.29) is 48.3 Å². The standard InChI is InChI=1S/C29H33FO5/c1-20(21-7-3-2-4-8-21)26(31)15-14-24-25(9-5-6-16-34-18-28(32)33)29(17-27(24)35-19-29)22-10-12-23(30)13-11-22/h2-8,10-15,20,24-27,31H,9,16-19H2,1H3,(H,32,33)/b6-5-,15-14+/t20?,24-,25-,26-,27-,29-/m0/s1. The molecule has 35 heavy (non-hydrogen) atoms. The molecule has 2 N–H and O–H groups in total. The molecular weight excluding hydrogens is 447 g/mol. The van der Waals surface area contributed by atoms with Gasteiger partial charge in [-0.05, 0) is 42.0 Å².